The summed E-state index contributed by atoms with van der Waals surface area (Å²) < 4.78 is 1.80. The van der Waals surface area contributed by atoms with Crippen molar-refractivity contribution < 1.29 is 0 Å². The topological polar surface area (TPSA) is 69.4 Å². The Hall–Kier alpha value is -1.84. The summed E-state index contributed by atoms with van der Waals surface area (Å²) in [5.41, 5.74) is 0. The molecule has 0 saturated carbocycles. The van der Waals surface area contributed by atoms with Crippen molar-refractivity contribution in [3.05, 3.63) is 39.7 Å². The number of nitrogens with zero attached hydrogens (tertiary/aromatic N) is 6. The lowest BCUT2D eigenvalue weighted by molar-refractivity contribution is 0.608. The molecule has 4 aromatic rings. The molecule has 0 N–H and O–H groups in total. The summed E-state index contributed by atoms with van der Waals surface area (Å²) in [5.74, 6) is 0. The zero-order valence-corrected chi connectivity index (χ0v) is 14.7. The van der Waals surface area contributed by atoms with Gasteiger partial charge in [0.2, 0.25) is 5.16 Å². The Labute approximate surface area is 144 Å². The van der Waals surface area contributed by atoms with Crippen molar-refractivity contribution in [3.8, 4) is 0 Å². The van der Waals surface area contributed by atoms with Gasteiger partial charge in [0.05, 0.1) is 6.54 Å². The predicted molar refractivity (Wildman–Crippen MR) is 92.2 cm³/mol. The second-order valence-electron chi connectivity index (χ2n) is 4.76. The van der Waals surface area contributed by atoms with Crippen LogP contribution in [0.3, 0.4) is 0 Å². The van der Waals surface area contributed by atoms with Crippen LogP contribution < -0.4 is 0 Å². The number of hydrogen-bond acceptors (Lipinski definition) is 8. The summed E-state index contributed by atoms with van der Waals surface area (Å²) >= 11 is 4.89. The van der Waals surface area contributed by atoms with Crippen LogP contribution in [0, 0.1) is 0 Å². The van der Waals surface area contributed by atoms with Crippen LogP contribution in [-0.2, 0) is 13.0 Å². The summed E-state index contributed by atoms with van der Waals surface area (Å²) in [5, 5.41) is 16.8. The molecule has 116 valence electrons. The van der Waals surface area contributed by atoms with Gasteiger partial charge in [0.25, 0.3) is 0 Å². The maximum Gasteiger partial charge on any atom is 0.215 e. The van der Waals surface area contributed by atoms with E-state index in [2.05, 4.69) is 49.9 Å². The SMILES string of the molecule is CCc1cc2c(Sc3nnnn3Cc3cccs3)ncnc2s1. The van der Waals surface area contributed by atoms with Crippen LogP contribution in [0.1, 0.15) is 16.7 Å². The van der Waals surface area contributed by atoms with Crippen molar-refractivity contribution >= 4 is 44.7 Å². The molecule has 4 heterocycles. The van der Waals surface area contributed by atoms with Crippen LogP contribution in [0.4, 0.5) is 0 Å². The van der Waals surface area contributed by atoms with Crippen LogP contribution in [0.25, 0.3) is 10.2 Å². The van der Waals surface area contributed by atoms with E-state index in [0.29, 0.717) is 6.54 Å². The smallest absolute Gasteiger partial charge is 0.215 e. The molecule has 9 heteroatoms. The number of tetrazole rings is 1. The van der Waals surface area contributed by atoms with Gasteiger partial charge >= 0.3 is 0 Å². The first-order valence-corrected chi connectivity index (χ1v) is 9.54. The minimum atomic E-state index is 0.672. The second-order valence-corrected chi connectivity index (χ2v) is 7.87. The zero-order valence-electron chi connectivity index (χ0n) is 12.2. The van der Waals surface area contributed by atoms with Crippen LogP contribution in [0.15, 0.2) is 40.1 Å². The summed E-state index contributed by atoms with van der Waals surface area (Å²) in [6.07, 6.45) is 2.61. The zero-order chi connectivity index (χ0) is 15.6. The molecule has 0 bridgehead atoms. The van der Waals surface area contributed by atoms with E-state index in [9.17, 15) is 0 Å². The van der Waals surface area contributed by atoms with Crippen molar-refractivity contribution in [2.75, 3.05) is 0 Å². The first-order chi connectivity index (χ1) is 11.3. The maximum atomic E-state index is 4.42. The van der Waals surface area contributed by atoms with Crippen LogP contribution in [0.2, 0.25) is 0 Å². The third-order valence-electron chi connectivity index (χ3n) is 3.27. The van der Waals surface area contributed by atoms with Gasteiger partial charge in [-0.3, -0.25) is 0 Å². The largest absolute Gasteiger partial charge is 0.229 e. The van der Waals surface area contributed by atoms with E-state index >= 15 is 0 Å². The molecule has 0 radical (unpaired) electrons. The Morgan fingerprint density at radius 1 is 1.26 bits per heavy atom. The molecule has 0 spiro atoms. The number of fused-ring (bicyclic) bond motifs is 1. The molecule has 0 aliphatic carbocycles. The average molecular weight is 360 g/mol. The third-order valence-corrected chi connectivity index (χ3v) is 6.31. The van der Waals surface area contributed by atoms with E-state index in [1.54, 1.807) is 33.7 Å². The van der Waals surface area contributed by atoms with Crippen molar-refractivity contribution in [3.63, 3.8) is 0 Å². The highest BCUT2D eigenvalue weighted by atomic mass is 32.2. The van der Waals surface area contributed by atoms with Crippen LogP contribution in [-0.4, -0.2) is 30.2 Å². The lowest BCUT2D eigenvalue weighted by Crippen LogP contribution is -2.02. The van der Waals surface area contributed by atoms with E-state index in [-0.39, 0.29) is 0 Å². The Balaban J connectivity index is 1.66. The average Bonchev–Trinajstić information content (AvgIpc) is 3.29. The molecular weight excluding hydrogens is 348 g/mol. The summed E-state index contributed by atoms with van der Waals surface area (Å²) in [4.78, 5) is 12.3. The fourth-order valence-electron chi connectivity index (χ4n) is 2.14. The monoisotopic (exact) mass is 360 g/mol. The van der Waals surface area contributed by atoms with Gasteiger partial charge in [-0.05, 0) is 46.1 Å². The van der Waals surface area contributed by atoms with Crippen molar-refractivity contribution in [2.24, 2.45) is 0 Å². The lowest BCUT2D eigenvalue weighted by Gasteiger charge is -2.03. The fourth-order valence-corrected chi connectivity index (χ4v) is 4.65. The lowest BCUT2D eigenvalue weighted by atomic mass is 10.3. The van der Waals surface area contributed by atoms with Gasteiger partial charge in [-0.25, -0.2) is 14.6 Å². The molecule has 0 saturated heterocycles. The van der Waals surface area contributed by atoms with E-state index < -0.39 is 0 Å². The highest BCUT2D eigenvalue weighted by Crippen LogP contribution is 2.33. The Kier molecular flexibility index (Phi) is 4.06. The molecule has 0 atom stereocenters. The number of aromatic nitrogens is 6. The first-order valence-electron chi connectivity index (χ1n) is 7.03. The quantitative estimate of drug-likeness (QED) is 0.507. The van der Waals surface area contributed by atoms with Gasteiger partial charge in [0, 0.05) is 15.1 Å². The summed E-state index contributed by atoms with van der Waals surface area (Å²) in [6, 6.07) is 6.27. The Morgan fingerprint density at radius 3 is 3.04 bits per heavy atom. The molecule has 0 aliphatic rings. The normalized spacial score (nSPS) is 11.3. The van der Waals surface area contributed by atoms with Gasteiger partial charge in [0.15, 0.2) is 0 Å². The molecular formula is C14H12N6S3. The molecule has 0 amide bonds. The molecule has 6 nitrogen and oxygen atoms in total. The number of thiophene rings is 2. The second kappa shape index (κ2) is 6.34. The van der Waals surface area contributed by atoms with Gasteiger partial charge in [0.1, 0.15) is 16.2 Å². The van der Waals surface area contributed by atoms with Crippen molar-refractivity contribution in [2.45, 2.75) is 30.1 Å². The highest BCUT2D eigenvalue weighted by molar-refractivity contribution is 7.99. The van der Waals surface area contributed by atoms with Gasteiger partial charge in [-0.2, -0.15) is 0 Å². The molecule has 23 heavy (non-hydrogen) atoms. The van der Waals surface area contributed by atoms with E-state index in [4.69, 9.17) is 0 Å². The summed E-state index contributed by atoms with van der Waals surface area (Å²) in [7, 11) is 0. The number of aryl methyl sites for hydroxylation is 1. The van der Waals surface area contributed by atoms with Crippen molar-refractivity contribution in [1.29, 1.82) is 0 Å². The Bertz CT molecular complexity index is 927. The third kappa shape index (κ3) is 2.99. The van der Waals surface area contributed by atoms with Gasteiger partial charge in [-0.15, -0.1) is 27.8 Å². The molecule has 4 rings (SSSR count). The van der Waals surface area contributed by atoms with Gasteiger partial charge in [-0.1, -0.05) is 13.0 Å². The predicted octanol–water partition coefficient (Wildman–Crippen LogP) is 3.50. The molecule has 0 aliphatic heterocycles. The van der Waals surface area contributed by atoms with E-state index in [1.807, 2.05) is 6.07 Å². The fraction of sp³-hybridized carbons (Fsp3) is 0.214. The minimum Gasteiger partial charge on any atom is -0.229 e. The van der Waals surface area contributed by atoms with Crippen molar-refractivity contribution in [1.82, 2.24) is 30.2 Å². The number of hydrogen-bond donors (Lipinski definition) is 0. The number of rotatable bonds is 5. The maximum absolute atomic E-state index is 4.42. The highest BCUT2D eigenvalue weighted by Gasteiger charge is 2.14. The first kappa shape index (κ1) is 14.7. The molecule has 0 fully saturated rings. The molecule has 0 aromatic carbocycles. The van der Waals surface area contributed by atoms with Crippen LogP contribution >= 0.6 is 34.4 Å². The Morgan fingerprint density at radius 2 is 2.22 bits per heavy atom. The van der Waals surface area contributed by atoms with Gasteiger partial charge < -0.3 is 0 Å². The standard InChI is InChI=1S/C14H12N6S3/c1-2-9-6-11-12(22-9)15-8-16-13(11)23-14-17-18-19-20(14)7-10-4-3-5-21-10/h3-6,8H,2,7H2,1H3. The van der Waals surface area contributed by atoms with E-state index in [0.717, 1.165) is 26.8 Å². The molecule has 4 aromatic heterocycles. The molecule has 0 unspecified atom stereocenters. The van der Waals surface area contributed by atoms with Crippen LogP contribution in [0.5, 0.6) is 0 Å². The van der Waals surface area contributed by atoms with E-state index in [1.165, 1.54) is 21.5 Å². The minimum absolute atomic E-state index is 0.672. The summed E-state index contributed by atoms with van der Waals surface area (Å²) in [6.45, 7) is 2.82.